The summed E-state index contributed by atoms with van der Waals surface area (Å²) < 4.78 is 0. The maximum atomic E-state index is 12.9. The molecule has 4 nitrogen and oxygen atoms in total. The fourth-order valence-corrected chi connectivity index (χ4v) is 3.74. The molecule has 1 saturated heterocycles. The molecule has 0 saturated carbocycles. The van der Waals surface area contributed by atoms with Crippen LogP contribution in [-0.2, 0) is 16.0 Å². The Kier molecular flexibility index (Phi) is 3.77. The van der Waals surface area contributed by atoms with Crippen LogP contribution in [0, 0.1) is 5.92 Å². The summed E-state index contributed by atoms with van der Waals surface area (Å²) in [5, 5.41) is 0.587. The first-order chi connectivity index (χ1) is 11.6. The molecule has 24 heavy (non-hydrogen) atoms. The van der Waals surface area contributed by atoms with Gasteiger partial charge in [0.2, 0.25) is 11.8 Å². The van der Waals surface area contributed by atoms with Gasteiger partial charge in [0.05, 0.1) is 5.92 Å². The van der Waals surface area contributed by atoms with Crippen LogP contribution in [0.5, 0.6) is 0 Å². The maximum absolute atomic E-state index is 12.9. The smallest absolute Gasteiger partial charge is 0.232 e. The highest BCUT2D eigenvalue weighted by Crippen LogP contribution is 2.32. The van der Waals surface area contributed by atoms with E-state index in [4.69, 9.17) is 11.6 Å². The van der Waals surface area contributed by atoms with Crippen LogP contribution in [0.2, 0.25) is 5.02 Å². The third-order valence-electron chi connectivity index (χ3n) is 4.75. The molecule has 2 heterocycles. The van der Waals surface area contributed by atoms with Gasteiger partial charge in [0.15, 0.2) is 0 Å². The van der Waals surface area contributed by atoms with Crippen molar-refractivity contribution in [2.45, 2.75) is 12.8 Å². The zero-order valence-electron chi connectivity index (χ0n) is 13.1. The second-order valence-corrected chi connectivity index (χ2v) is 6.69. The quantitative estimate of drug-likeness (QED) is 0.841. The minimum Gasteiger partial charge on any atom is -0.312 e. The summed E-state index contributed by atoms with van der Waals surface area (Å²) in [6.45, 7) is 1.11. The molecule has 2 aliphatic rings. The highest BCUT2D eigenvalue weighted by atomic mass is 35.5. The number of amides is 2. The third kappa shape index (κ3) is 2.57. The monoisotopic (exact) mass is 340 g/mol. The predicted molar refractivity (Wildman–Crippen MR) is 94.4 cm³/mol. The summed E-state index contributed by atoms with van der Waals surface area (Å²) in [6.07, 6.45) is 1.13. The van der Waals surface area contributed by atoms with Crippen LogP contribution in [0.3, 0.4) is 0 Å². The number of benzene rings is 2. The summed E-state index contributed by atoms with van der Waals surface area (Å²) >= 11 is 6.02. The van der Waals surface area contributed by atoms with Gasteiger partial charge in [-0.05, 0) is 36.2 Å². The average molecular weight is 341 g/mol. The largest absolute Gasteiger partial charge is 0.312 e. The van der Waals surface area contributed by atoms with Crippen molar-refractivity contribution in [1.29, 1.82) is 0 Å². The van der Waals surface area contributed by atoms with Crippen LogP contribution in [-0.4, -0.2) is 24.9 Å². The fourth-order valence-electron chi connectivity index (χ4n) is 3.55. The molecule has 0 spiro atoms. The van der Waals surface area contributed by atoms with Gasteiger partial charge in [-0.1, -0.05) is 35.9 Å². The number of carbonyl (C=O) groups is 2. The van der Waals surface area contributed by atoms with Gasteiger partial charge in [0.1, 0.15) is 0 Å². The van der Waals surface area contributed by atoms with Crippen molar-refractivity contribution in [3.63, 3.8) is 0 Å². The lowest BCUT2D eigenvalue weighted by Gasteiger charge is -2.21. The summed E-state index contributed by atoms with van der Waals surface area (Å²) in [7, 11) is 0. The highest BCUT2D eigenvalue weighted by Gasteiger charge is 2.39. The predicted octanol–water partition coefficient (Wildman–Crippen LogP) is 3.28. The Morgan fingerprint density at radius 1 is 1.12 bits per heavy atom. The number of fused-ring (bicyclic) bond motifs is 1. The highest BCUT2D eigenvalue weighted by molar-refractivity contribution is 6.31. The van der Waals surface area contributed by atoms with Crippen molar-refractivity contribution < 1.29 is 9.59 Å². The number of anilines is 2. The van der Waals surface area contributed by atoms with E-state index in [1.807, 2.05) is 35.2 Å². The second-order valence-electron chi connectivity index (χ2n) is 6.25. The van der Waals surface area contributed by atoms with E-state index >= 15 is 0 Å². The Bertz CT molecular complexity index is 821. The summed E-state index contributed by atoms with van der Waals surface area (Å²) in [5.74, 6) is -0.288. The zero-order valence-corrected chi connectivity index (χ0v) is 13.9. The molecule has 0 bridgehead atoms. The number of rotatable bonds is 2. The first kappa shape index (κ1) is 15.2. The van der Waals surface area contributed by atoms with Gasteiger partial charge >= 0.3 is 0 Å². The lowest BCUT2D eigenvalue weighted by molar-refractivity contribution is -0.124. The minimum absolute atomic E-state index is 0.0249. The molecular formula is C19H17ClN2O2. The van der Waals surface area contributed by atoms with E-state index in [2.05, 4.69) is 6.07 Å². The van der Waals surface area contributed by atoms with Crippen molar-refractivity contribution in [2.75, 3.05) is 22.9 Å². The first-order valence-electron chi connectivity index (χ1n) is 8.09. The molecule has 4 rings (SSSR count). The molecule has 5 heteroatoms. The van der Waals surface area contributed by atoms with Gasteiger partial charge in [0.25, 0.3) is 0 Å². The Hall–Kier alpha value is -2.33. The maximum Gasteiger partial charge on any atom is 0.232 e. The number of para-hydroxylation sites is 1. The summed E-state index contributed by atoms with van der Waals surface area (Å²) in [5.41, 5.74) is 2.93. The molecule has 2 amide bonds. The topological polar surface area (TPSA) is 40.6 Å². The third-order valence-corrected chi connectivity index (χ3v) is 4.98. The van der Waals surface area contributed by atoms with E-state index in [9.17, 15) is 9.59 Å². The molecule has 1 fully saturated rings. The van der Waals surface area contributed by atoms with Crippen LogP contribution in [0.1, 0.15) is 12.0 Å². The molecule has 122 valence electrons. The number of hydrogen-bond acceptors (Lipinski definition) is 2. The van der Waals surface area contributed by atoms with Crippen LogP contribution >= 0.6 is 11.6 Å². The van der Waals surface area contributed by atoms with E-state index in [1.165, 1.54) is 5.56 Å². The van der Waals surface area contributed by atoms with Crippen molar-refractivity contribution in [1.82, 2.24) is 0 Å². The van der Waals surface area contributed by atoms with E-state index in [1.54, 1.807) is 17.0 Å². The van der Waals surface area contributed by atoms with Gasteiger partial charge < -0.3 is 9.80 Å². The van der Waals surface area contributed by atoms with Gasteiger partial charge in [-0.3, -0.25) is 9.59 Å². The van der Waals surface area contributed by atoms with Crippen molar-refractivity contribution >= 4 is 34.8 Å². The van der Waals surface area contributed by atoms with Crippen LogP contribution < -0.4 is 9.80 Å². The Balaban J connectivity index is 1.54. The van der Waals surface area contributed by atoms with Crippen LogP contribution in [0.25, 0.3) is 0 Å². The normalized spacial score (nSPS) is 19.7. The summed E-state index contributed by atoms with van der Waals surface area (Å²) in [6, 6.07) is 15.2. The number of nitrogens with zero attached hydrogens (tertiary/aromatic N) is 2. The molecule has 0 aromatic heterocycles. The molecule has 0 radical (unpaired) electrons. The van der Waals surface area contributed by atoms with Gasteiger partial charge in [0, 0.05) is 35.9 Å². The molecule has 2 aromatic carbocycles. The van der Waals surface area contributed by atoms with Gasteiger partial charge in [-0.2, -0.15) is 0 Å². The lowest BCUT2D eigenvalue weighted by atomic mass is 10.1. The van der Waals surface area contributed by atoms with Crippen LogP contribution in [0.4, 0.5) is 11.4 Å². The standard InChI is InChI=1S/C19H17ClN2O2/c20-15-5-3-6-16(11-15)22-12-14(10-18(22)23)19(24)21-9-8-13-4-1-2-7-17(13)21/h1-7,11,14H,8-10,12H2. The van der Waals surface area contributed by atoms with Crippen molar-refractivity contribution in [3.8, 4) is 0 Å². The second kappa shape index (κ2) is 5.95. The minimum atomic E-state index is -0.303. The fraction of sp³-hybridized carbons (Fsp3) is 0.263. The molecule has 2 aromatic rings. The molecule has 0 aliphatic carbocycles. The van der Waals surface area contributed by atoms with Crippen molar-refractivity contribution in [2.24, 2.45) is 5.92 Å². The van der Waals surface area contributed by atoms with E-state index < -0.39 is 0 Å². The van der Waals surface area contributed by atoms with E-state index in [-0.39, 0.29) is 24.2 Å². The molecule has 0 N–H and O–H groups in total. The Labute approximate surface area is 145 Å². The van der Waals surface area contributed by atoms with Gasteiger partial charge in [-0.15, -0.1) is 0 Å². The molecule has 2 aliphatic heterocycles. The SMILES string of the molecule is O=C1CC(C(=O)N2CCc3ccccc32)CN1c1cccc(Cl)c1. The molecule has 1 unspecified atom stereocenters. The zero-order chi connectivity index (χ0) is 16.7. The van der Waals surface area contributed by atoms with E-state index in [0.717, 1.165) is 17.8 Å². The van der Waals surface area contributed by atoms with E-state index in [0.29, 0.717) is 18.1 Å². The Morgan fingerprint density at radius 3 is 2.79 bits per heavy atom. The molecular weight excluding hydrogens is 324 g/mol. The molecule has 1 atom stereocenters. The number of carbonyl (C=O) groups excluding carboxylic acids is 2. The lowest BCUT2D eigenvalue weighted by Crippen LogP contribution is -2.36. The van der Waals surface area contributed by atoms with Crippen molar-refractivity contribution in [3.05, 3.63) is 59.1 Å². The first-order valence-corrected chi connectivity index (χ1v) is 8.46. The van der Waals surface area contributed by atoms with Gasteiger partial charge in [-0.25, -0.2) is 0 Å². The number of hydrogen-bond donors (Lipinski definition) is 0. The average Bonchev–Trinajstić information content (AvgIpc) is 3.18. The number of halogens is 1. The Morgan fingerprint density at radius 2 is 1.96 bits per heavy atom. The summed E-state index contributed by atoms with van der Waals surface area (Å²) in [4.78, 5) is 28.8. The van der Waals surface area contributed by atoms with Crippen LogP contribution in [0.15, 0.2) is 48.5 Å².